The van der Waals surface area contributed by atoms with E-state index in [1.54, 1.807) is 0 Å². The Morgan fingerprint density at radius 3 is 2.90 bits per heavy atom. The van der Waals surface area contributed by atoms with Gasteiger partial charge in [-0.15, -0.1) is 0 Å². The molecule has 1 aliphatic rings. The summed E-state index contributed by atoms with van der Waals surface area (Å²) in [5.74, 6) is 0.308. The Morgan fingerprint density at radius 1 is 1.38 bits per heavy atom. The van der Waals surface area contributed by atoms with E-state index >= 15 is 0 Å². The van der Waals surface area contributed by atoms with Crippen LogP contribution < -0.4 is 10.9 Å². The average Bonchev–Trinajstić information content (AvgIpc) is 2.91. The molecule has 21 heavy (non-hydrogen) atoms. The van der Waals surface area contributed by atoms with Crippen LogP contribution >= 0.6 is 15.9 Å². The molecule has 7 heteroatoms. The number of hydrogen-bond acceptors (Lipinski definition) is 4. The van der Waals surface area contributed by atoms with Crippen LogP contribution in [0.15, 0.2) is 39.6 Å². The topological polar surface area (TPSA) is 77.2 Å². The van der Waals surface area contributed by atoms with Gasteiger partial charge in [0.15, 0.2) is 5.82 Å². The maximum Gasteiger partial charge on any atom is 0.310 e. The summed E-state index contributed by atoms with van der Waals surface area (Å²) in [6.45, 7) is 0.998. The highest BCUT2D eigenvalue weighted by Crippen LogP contribution is 2.27. The molecular formula is C14H12BrN3O3. The van der Waals surface area contributed by atoms with E-state index in [1.165, 1.54) is 10.6 Å². The molecule has 0 bridgehead atoms. The van der Waals surface area contributed by atoms with E-state index in [0.717, 1.165) is 10.0 Å². The molecule has 3 rings (SSSR count). The lowest BCUT2D eigenvalue weighted by Crippen LogP contribution is -2.23. The Balaban J connectivity index is 2.09. The fourth-order valence-electron chi connectivity index (χ4n) is 2.53. The summed E-state index contributed by atoms with van der Waals surface area (Å²) in [5.41, 5.74) is 1.16. The summed E-state index contributed by atoms with van der Waals surface area (Å²) in [6.07, 6.45) is 0.374. The van der Waals surface area contributed by atoms with Crippen LogP contribution in [-0.4, -0.2) is 16.0 Å². The Kier molecular flexibility index (Phi) is 3.50. The van der Waals surface area contributed by atoms with Gasteiger partial charge in [0.1, 0.15) is 0 Å². The van der Waals surface area contributed by atoms with Crippen molar-refractivity contribution in [2.75, 3.05) is 11.9 Å². The molecule has 0 amide bonds. The zero-order valence-electron chi connectivity index (χ0n) is 11.0. The number of pyridine rings is 1. The van der Waals surface area contributed by atoms with Crippen molar-refractivity contribution in [2.45, 2.75) is 13.0 Å². The molecule has 0 unspecified atom stereocenters. The van der Waals surface area contributed by atoms with E-state index in [2.05, 4.69) is 21.2 Å². The number of nitrogens with one attached hydrogen (secondary N) is 1. The summed E-state index contributed by atoms with van der Waals surface area (Å²) >= 11 is 3.38. The molecule has 0 aliphatic carbocycles. The maximum absolute atomic E-state index is 12.4. The maximum atomic E-state index is 12.4. The zero-order valence-corrected chi connectivity index (χ0v) is 12.6. The molecule has 1 aromatic carbocycles. The molecule has 1 aliphatic heterocycles. The number of anilines is 1. The van der Waals surface area contributed by atoms with Crippen molar-refractivity contribution in [3.8, 4) is 0 Å². The van der Waals surface area contributed by atoms with Gasteiger partial charge < -0.3 is 5.32 Å². The zero-order chi connectivity index (χ0) is 15.0. The van der Waals surface area contributed by atoms with Gasteiger partial charge in [-0.05, 0) is 17.7 Å². The second-order valence-electron chi connectivity index (χ2n) is 4.85. The van der Waals surface area contributed by atoms with E-state index in [1.807, 2.05) is 24.3 Å². The van der Waals surface area contributed by atoms with Gasteiger partial charge in [-0.2, -0.15) is 0 Å². The van der Waals surface area contributed by atoms with Crippen molar-refractivity contribution in [3.05, 3.63) is 66.4 Å². The molecule has 1 N–H and O–H groups in total. The van der Waals surface area contributed by atoms with Crippen molar-refractivity contribution in [2.24, 2.45) is 0 Å². The third-order valence-electron chi connectivity index (χ3n) is 3.45. The molecule has 0 fully saturated rings. The molecule has 6 nitrogen and oxygen atoms in total. The van der Waals surface area contributed by atoms with Crippen molar-refractivity contribution < 1.29 is 4.92 Å². The second kappa shape index (κ2) is 5.33. The monoisotopic (exact) mass is 349 g/mol. The van der Waals surface area contributed by atoms with Crippen LogP contribution in [0.4, 0.5) is 11.5 Å². The van der Waals surface area contributed by atoms with Crippen molar-refractivity contribution in [1.82, 2.24) is 4.57 Å². The van der Waals surface area contributed by atoms with E-state index < -0.39 is 4.92 Å². The minimum atomic E-state index is -0.450. The molecule has 1 aromatic heterocycles. The molecule has 108 valence electrons. The molecule has 0 saturated heterocycles. The number of nitrogens with zero attached hydrogens (tertiary/aromatic N) is 2. The predicted molar refractivity (Wildman–Crippen MR) is 82.8 cm³/mol. The van der Waals surface area contributed by atoms with Gasteiger partial charge in [0.25, 0.3) is 5.56 Å². The van der Waals surface area contributed by atoms with Crippen LogP contribution in [0.2, 0.25) is 0 Å². The summed E-state index contributed by atoms with van der Waals surface area (Å²) in [7, 11) is 0. The Bertz CT molecular complexity index is 786. The van der Waals surface area contributed by atoms with E-state index in [9.17, 15) is 14.9 Å². The lowest BCUT2D eigenvalue weighted by Gasteiger charge is -2.08. The van der Waals surface area contributed by atoms with Crippen LogP contribution in [0.25, 0.3) is 0 Å². The first kappa shape index (κ1) is 13.8. The van der Waals surface area contributed by atoms with Gasteiger partial charge >= 0.3 is 5.69 Å². The van der Waals surface area contributed by atoms with Crippen LogP contribution in [0.5, 0.6) is 0 Å². The average molecular weight is 350 g/mol. The molecule has 0 radical (unpaired) electrons. The Hall–Kier alpha value is -2.15. The molecule has 0 atom stereocenters. The first-order valence-electron chi connectivity index (χ1n) is 6.45. The SMILES string of the molecule is O=c1c(Cc2cccc(Br)c2)cc([N+](=O)[O-])c2n1CCN2. The molecule has 0 saturated carbocycles. The number of aromatic nitrogens is 1. The highest BCUT2D eigenvalue weighted by atomic mass is 79.9. The largest absolute Gasteiger partial charge is 0.364 e. The lowest BCUT2D eigenvalue weighted by molar-refractivity contribution is -0.384. The number of nitro groups is 1. The summed E-state index contributed by atoms with van der Waals surface area (Å²) in [6, 6.07) is 8.95. The highest BCUT2D eigenvalue weighted by molar-refractivity contribution is 9.10. The number of hydrogen-bond donors (Lipinski definition) is 1. The highest BCUT2D eigenvalue weighted by Gasteiger charge is 2.25. The fraction of sp³-hybridized carbons (Fsp3) is 0.214. The third-order valence-corrected chi connectivity index (χ3v) is 3.94. The van der Waals surface area contributed by atoms with Crippen LogP contribution in [0, 0.1) is 10.1 Å². The van der Waals surface area contributed by atoms with Crippen molar-refractivity contribution in [1.29, 1.82) is 0 Å². The summed E-state index contributed by atoms with van der Waals surface area (Å²) in [5, 5.41) is 14.1. The lowest BCUT2D eigenvalue weighted by atomic mass is 10.1. The van der Waals surface area contributed by atoms with Crippen LogP contribution in [0.1, 0.15) is 11.1 Å². The van der Waals surface area contributed by atoms with E-state index in [-0.39, 0.29) is 11.2 Å². The van der Waals surface area contributed by atoms with Crippen molar-refractivity contribution in [3.63, 3.8) is 0 Å². The molecule has 2 aromatic rings. The van der Waals surface area contributed by atoms with Crippen LogP contribution in [0.3, 0.4) is 0 Å². The van der Waals surface area contributed by atoms with E-state index in [4.69, 9.17) is 0 Å². The quantitative estimate of drug-likeness (QED) is 0.682. The predicted octanol–water partition coefficient (Wildman–Crippen LogP) is 2.54. The van der Waals surface area contributed by atoms with Gasteiger partial charge in [0, 0.05) is 35.6 Å². The minimum absolute atomic E-state index is 0.0444. The number of halogens is 1. The number of rotatable bonds is 3. The van der Waals surface area contributed by atoms with Gasteiger partial charge in [-0.1, -0.05) is 28.1 Å². The van der Waals surface area contributed by atoms with E-state index in [0.29, 0.717) is 30.9 Å². The first-order valence-corrected chi connectivity index (χ1v) is 7.25. The fourth-order valence-corrected chi connectivity index (χ4v) is 2.97. The standard InChI is InChI=1S/C14H12BrN3O3/c15-11-3-1-2-9(7-11)6-10-8-12(18(20)21)13-16-4-5-17(13)14(10)19/h1-3,7-8,16H,4-6H2. The first-order chi connectivity index (χ1) is 10.1. The molecule has 2 heterocycles. The third kappa shape index (κ3) is 2.56. The number of fused-ring (bicyclic) bond motifs is 1. The van der Waals surface area contributed by atoms with Gasteiger partial charge in [-0.25, -0.2) is 0 Å². The smallest absolute Gasteiger partial charge is 0.310 e. The summed E-state index contributed by atoms with van der Waals surface area (Å²) < 4.78 is 2.36. The van der Waals surface area contributed by atoms with Crippen LogP contribution in [-0.2, 0) is 13.0 Å². The Morgan fingerprint density at radius 2 is 2.19 bits per heavy atom. The summed E-state index contributed by atoms with van der Waals surface area (Å²) in [4.78, 5) is 23.1. The Labute approximate surface area is 128 Å². The van der Waals surface area contributed by atoms with Gasteiger partial charge in [-0.3, -0.25) is 19.5 Å². The number of benzene rings is 1. The van der Waals surface area contributed by atoms with Crippen molar-refractivity contribution >= 4 is 27.4 Å². The van der Waals surface area contributed by atoms with Gasteiger partial charge in [0.05, 0.1) is 4.92 Å². The normalized spacial score (nSPS) is 12.8. The minimum Gasteiger partial charge on any atom is -0.364 e. The van der Waals surface area contributed by atoms with Gasteiger partial charge in [0.2, 0.25) is 0 Å². The molecule has 0 spiro atoms. The second-order valence-corrected chi connectivity index (χ2v) is 5.77. The molecular weight excluding hydrogens is 338 g/mol.